The summed E-state index contributed by atoms with van der Waals surface area (Å²) in [4.78, 5) is 17.2. The van der Waals surface area contributed by atoms with Crippen molar-refractivity contribution >= 4 is 12.0 Å². The second-order valence-electron chi connectivity index (χ2n) is 7.58. The van der Waals surface area contributed by atoms with E-state index < -0.39 is 0 Å². The molecule has 4 N–H and O–H groups in total. The number of nitrogens with zero attached hydrogens (tertiary/aromatic N) is 4. The third-order valence-corrected chi connectivity index (χ3v) is 4.36. The smallest absolute Gasteiger partial charge is 0.155 e. The fourth-order valence-electron chi connectivity index (χ4n) is 1.84. The minimum absolute atomic E-state index is 0.137. The van der Waals surface area contributed by atoms with E-state index in [1.54, 1.807) is 19.9 Å². The number of aromatic nitrogens is 3. The first-order valence-electron chi connectivity index (χ1n) is 11.6. The summed E-state index contributed by atoms with van der Waals surface area (Å²) in [5.41, 5.74) is 9.51. The number of aliphatic hydroxyl groups is 1. The van der Waals surface area contributed by atoms with Crippen molar-refractivity contribution in [3.63, 3.8) is 0 Å². The first-order valence-corrected chi connectivity index (χ1v) is 11.6. The number of allylic oxidation sites excluding steroid dienone is 2. The van der Waals surface area contributed by atoms with E-state index in [0.29, 0.717) is 5.76 Å². The largest absolute Gasteiger partial charge is 0.513 e. The van der Waals surface area contributed by atoms with E-state index in [0.717, 1.165) is 36.5 Å². The lowest BCUT2D eigenvalue weighted by Gasteiger charge is -2.04. The Hall–Kier alpha value is -3.45. The van der Waals surface area contributed by atoms with E-state index in [4.69, 9.17) is 9.90 Å². The van der Waals surface area contributed by atoms with Crippen LogP contribution in [0.15, 0.2) is 49.0 Å². The molecule has 1 aromatic heterocycles. The van der Waals surface area contributed by atoms with Gasteiger partial charge >= 0.3 is 0 Å². The summed E-state index contributed by atoms with van der Waals surface area (Å²) in [7, 11) is 8.22. The summed E-state index contributed by atoms with van der Waals surface area (Å²) in [6.07, 6.45) is 13.8. The molecular formula is C27H47N7O2. The van der Waals surface area contributed by atoms with Crippen molar-refractivity contribution in [2.24, 2.45) is 0 Å². The molecule has 0 saturated carbocycles. The van der Waals surface area contributed by atoms with E-state index in [-0.39, 0.29) is 6.04 Å². The quantitative estimate of drug-likeness (QED) is 0.207. The van der Waals surface area contributed by atoms with Gasteiger partial charge in [0.15, 0.2) is 5.82 Å². The number of hydrogen-bond donors (Lipinski definition) is 4. The Labute approximate surface area is 218 Å². The Bertz CT molecular complexity index is 833. The summed E-state index contributed by atoms with van der Waals surface area (Å²) >= 11 is 0. The zero-order chi connectivity index (χ0) is 28.5. The molecule has 0 aliphatic carbocycles. The molecule has 2 heterocycles. The number of rotatable bonds is 4. The van der Waals surface area contributed by atoms with Crippen LogP contribution < -0.4 is 10.9 Å². The molecular weight excluding hydrogens is 454 g/mol. The number of hydrogen-bond acceptors (Lipinski definition) is 8. The number of carbonyl (C=O) groups excluding carboxylic acids is 1. The summed E-state index contributed by atoms with van der Waals surface area (Å²) < 4.78 is 0. The van der Waals surface area contributed by atoms with Gasteiger partial charge in [-0.3, -0.25) is 5.10 Å². The van der Waals surface area contributed by atoms with E-state index in [1.165, 1.54) is 18.8 Å². The molecule has 2 aromatic rings. The fraction of sp³-hybridized carbons (Fsp3) is 0.444. The van der Waals surface area contributed by atoms with Crippen LogP contribution in [-0.4, -0.2) is 77.7 Å². The molecule has 9 nitrogen and oxygen atoms in total. The van der Waals surface area contributed by atoms with Crippen molar-refractivity contribution in [1.29, 1.82) is 0 Å². The highest BCUT2D eigenvalue weighted by Gasteiger charge is 2.19. The van der Waals surface area contributed by atoms with Gasteiger partial charge in [-0.1, -0.05) is 26.0 Å². The second kappa shape index (κ2) is 24.7. The molecule has 1 aliphatic rings. The molecule has 0 spiro atoms. The number of H-pyrrole nitrogens is 1. The summed E-state index contributed by atoms with van der Waals surface area (Å²) in [5.74, 6) is 1.16. The van der Waals surface area contributed by atoms with Crippen LogP contribution in [-0.2, 0) is 4.79 Å². The number of anilines is 1. The molecule has 0 saturated heterocycles. The van der Waals surface area contributed by atoms with Crippen LogP contribution in [0.1, 0.15) is 46.2 Å². The van der Waals surface area contributed by atoms with Gasteiger partial charge in [0.1, 0.15) is 12.6 Å². The number of benzene rings is 1. The Kier molecular flexibility index (Phi) is 25.4. The first-order chi connectivity index (χ1) is 17.1. The zero-order valence-corrected chi connectivity index (χ0v) is 23.5. The van der Waals surface area contributed by atoms with E-state index in [1.807, 2.05) is 18.2 Å². The molecule has 1 atom stereocenters. The van der Waals surface area contributed by atoms with Gasteiger partial charge in [0.05, 0.1) is 17.5 Å². The molecule has 9 heteroatoms. The van der Waals surface area contributed by atoms with Crippen molar-refractivity contribution in [2.45, 2.75) is 40.7 Å². The van der Waals surface area contributed by atoms with Gasteiger partial charge in [0.25, 0.3) is 0 Å². The molecule has 0 radical (unpaired) electrons. The molecule has 0 amide bonds. The minimum Gasteiger partial charge on any atom is -0.513 e. The van der Waals surface area contributed by atoms with Crippen LogP contribution >= 0.6 is 0 Å². The zero-order valence-electron chi connectivity index (χ0n) is 23.5. The van der Waals surface area contributed by atoms with Crippen LogP contribution in [0.3, 0.4) is 0 Å². The number of fused-ring (bicyclic) bond motifs is 1. The van der Waals surface area contributed by atoms with Crippen LogP contribution in [0.5, 0.6) is 0 Å². The molecule has 1 aliphatic heterocycles. The Morgan fingerprint density at radius 3 is 1.94 bits per heavy atom. The fourth-order valence-corrected chi connectivity index (χ4v) is 1.84. The Morgan fingerprint density at radius 1 is 1.14 bits per heavy atom. The van der Waals surface area contributed by atoms with Crippen molar-refractivity contribution in [3.05, 3.63) is 54.6 Å². The number of aldehydes is 1. The normalized spacial score (nSPS) is 12.7. The number of carbonyl (C=O) groups is 1. The topological polar surface area (TPSA) is 109 Å². The predicted molar refractivity (Wildman–Crippen MR) is 154 cm³/mol. The van der Waals surface area contributed by atoms with Crippen molar-refractivity contribution in [3.8, 4) is 24.2 Å². The van der Waals surface area contributed by atoms with Crippen LogP contribution in [0.25, 0.3) is 11.4 Å². The highest BCUT2D eigenvalue weighted by molar-refractivity contribution is 5.66. The SMILES string of the molecule is C#C.C/C=C(\C)O.C=CC1NNc2ccc(-c3ncn[nH]3)cc21.CC=O.CCN(C)C.CCN(C)C. The van der Waals surface area contributed by atoms with Crippen LogP contribution in [0.4, 0.5) is 5.69 Å². The van der Waals surface area contributed by atoms with E-state index >= 15 is 0 Å². The number of aromatic amines is 1. The lowest BCUT2D eigenvalue weighted by atomic mass is 10.0. The highest BCUT2D eigenvalue weighted by atomic mass is 16.3. The molecule has 202 valence electrons. The molecule has 0 bridgehead atoms. The highest BCUT2D eigenvalue weighted by Crippen LogP contribution is 2.31. The van der Waals surface area contributed by atoms with Crippen molar-refractivity contribution in [1.82, 2.24) is 30.4 Å². The minimum atomic E-state index is 0.137. The third kappa shape index (κ3) is 18.9. The number of nitrogens with one attached hydrogen (secondary N) is 3. The van der Waals surface area contributed by atoms with E-state index in [9.17, 15) is 0 Å². The molecule has 1 unspecified atom stereocenters. The molecule has 1 aromatic carbocycles. The van der Waals surface area contributed by atoms with Crippen LogP contribution in [0.2, 0.25) is 0 Å². The maximum atomic E-state index is 8.81. The number of hydrazine groups is 1. The third-order valence-electron chi connectivity index (χ3n) is 4.36. The van der Waals surface area contributed by atoms with E-state index in [2.05, 4.69) is 103 Å². The standard InChI is InChI=1S/C11H11N5.2C4H11N.C4H8O.C2H4O.C2H2/c1-2-9-8-5-7(11-12-6-13-16-11)3-4-10(8)15-14-9;2*1-4-5(2)3;1-3-4(2)5;1-2-3;1-2/h2-6,9,14-15H,1H2,(H,12,13,16);2*4H2,1-3H3;3,5H,1-2H3;2H,1H3;1-2H/b;;;4-3+;;. The molecule has 0 fully saturated rings. The summed E-state index contributed by atoms with van der Waals surface area (Å²) in [6.45, 7) is 15.2. The van der Waals surface area contributed by atoms with Gasteiger partial charge in [-0.25, -0.2) is 10.4 Å². The van der Waals surface area contributed by atoms with Crippen LogP contribution in [0, 0.1) is 12.8 Å². The monoisotopic (exact) mass is 501 g/mol. The van der Waals surface area contributed by atoms with Gasteiger partial charge in [0, 0.05) is 5.56 Å². The van der Waals surface area contributed by atoms with Crippen molar-refractivity contribution < 1.29 is 9.90 Å². The number of terminal acetylenes is 1. The lowest BCUT2D eigenvalue weighted by molar-refractivity contribution is -0.106. The molecule has 36 heavy (non-hydrogen) atoms. The maximum Gasteiger partial charge on any atom is 0.155 e. The van der Waals surface area contributed by atoms with Gasteiger partial charge in [-0.2, -0.15) is 5.10 Å². The molecule has 3 rings (SSSR count). The van der Waals surface area contributed by atoms with Gasteiger partial charge in [-0.15, -0.1) is 19.4 Å². The Balaban J connectivity index is -0.000000454. The summed E-state index contributed by atoms with van der Waals surface area (Å²) in [5, 5.41) is 14.9. The first kappa shape index (κ1) is 37.1. The average Bonchev–Trinajstić information content (AvgIpc) is 3.56. The number of aliphatic hydroxyl groups excluding tert-OH is 1. The maximum absolute atomic E-state index is 8.81. The van der Waals surface area contributed by atoms with Gasteiger partial charge in [0.2, 0.25) is 0 Å². The average molecular weight is 502 g/mol. The van der Waals surface area contributed by atoms with Gasteiger partial charge in [-0.05, 0) is 85.8 Å². The van der Waals surface area contributed by atoms with Crippen molar-refractivity contribution in [2.75, 3.05) is 46.7 Å². The second-order valence-corrected chi connectivity index (χ2v) is 7.58. The lowest BCUT2D eigenvalue weighted by Crippen LogP contribution is -2.16. The summed E-state index contributed by atoms with van der Waals surface area (Å²) in [6, 6.07) is 6.23. The van der Waals surface area contributed by atoms with Gasteiger partial charge < -0.3 is 25.1 Å². The predicted octanol–water partition coefficient (Wildman–Crippen LogP) is 4.69. The Morgan fingerprint density at radius 2 is 1.61 bits per heavy atom.